The van der Waals surface area contributed by atoms with E-state index in [1.165, 1.54) is 32.1 Å². The Labute approximate surface area is 186 Å². The first-order valence-electron chi connectivity index (χ1n) is 11.6. The van der Waals surface area contributed by atoms with Gasteiger partial charge in [-0.1, -0.05) is 55.7 Å². The molecule has 4 nitrogen and oxygen atoms in total. The Balaban J connectivity index is 1.34. The second kappa shape index (κ2) is 10.5. The van der Waals surface area contributed by atoms with Crippen molar-refractivity contribution in [3.63, 3.8) is 0 Å². The molecule has 2 fully saturated rings. The van der Waals surface area contributed by atoms with Crippen LogP contribution in [0.5, 0.6) is 5.75 Å². The summed E-state index contributed by atoms with van der Waals surface area (Å²) < 4.78 is 5.21. The lowest BCUT2D eigenvalue weighted by Crippen LogP contribution is -2.47. The fraction of sp³-hybridized carbons (Fsp3) is 0.444. The van der Waals surface area contributed by atoms with E-state index >= 15 is 0 Å². The van der Waals surface area contributed by atoms with Crippen molar-refractivity contribution in [3.05, 3.63) is 59.7 Å². The summed E-state index contributed by atoms with van der Waals surface area (Å²) in [5.74, 6) is 0.864. The molecule has 1 aliphatic heterocycles. The number of methoxy groups -OCH3 is 1. The average molecular weight is 416 g/mol. The molecule has 0 unspecified atom stereocenters. The second-order valence-electron chi connectivity index (χ2n) is 8.73. The molecule has 4 heteroatoms. The quantitative estimate of drug-likeness (QED) is 0.332. The van der Waals surface area contributed by atoms with E-state index in [-0.39, 0.29) is 0 Å². The van der Waals surface area contributed by atoms with Crippen LogP contribution in [0, 0.1) is 11.5 Å². The number of nitrogens with zero attached hydrogens (tertiary/aromatic N) is 3. The average Bonchev–Trinajstić information content (AvgIpc) is 2.85. The van der Waals surface area contributed by atoms with Crippen LogP contribution >= 0.6 is 0 Å². The summed E-state index contributed by atoms with van der Waals surface area (Å²) in [7, 11) is 1.68. The maximum absolute atomic E-state index is 9.85. The predicted octanol–water partition coefficient (Wildman–Crippen LogP) is 5.95. The third-order valence-corrected chi connectivity index (χ3v) is 6.82. The molecule has 0 radical (unpaired) electrons. The highest BCUT2D eigenvalue weighted by Gasteiger charge is 2.29. The lowest BCUT2D eigenvalue weighted by Gasteiger charge is -2.41. The molecule has 2 aromatic carbocycles. The van der Waals surface area contributed by atoms with Crippen LogP contribution in [0.25, 0.3) is 12.2 Å². The van der Waals surface area contributed by atoms with E-state index < -0.39 is 0 Å². The van der Waals surface area contributed by atoms with Gasteiger partial charge in [0.2, 0.25) is 0 Å². The molecular weight excluding hydrogens is 382 g/mol. The largest absolute Gasteiger partial charge is 0.497 e. The highest BCUT2D eigenvalue weighted by Crippen LogP contribution is 2.28. The monoisotopic (exact) mass is 415 g/mol. The Morgan fingerprint density at radius 2 is 1.45 bits per heavy atom. The number of ether oxygens (including phenoxy) is 1. The standard InChI is InChI=1S/C27H33N3O/c1-31-27-15-11-23(12-16-27)8-7-22-9-13-25(14-10-22)30(21-28)26-17-19-29(20-18-26)24-5-3-2-4-6-24/h7-16,24,26H,2-6,17-20H2,1H3. The molecule has 0 atom stereocenters. The SMILES string of the molecule is COc1ccc(C=Cc2ccc(N(C#N)C3CCN(C4CCCCC4)CC3)cc2)cc1. The highest BCUT2D eigenvalue weighted by atomic mass is 16.5. The molecule has 0 spiro atoms. The molecule has 31 heavy (non-hydrogen) atoms. The molecule has 1 heterocycles. The van der Waals surface area contributed by atoms with Crippen LogP contribution in [-0.2, 0) is 0 Å². The lowest BCUT2D eigenvalue weighted by atomic mass is 9.92. The maximum Gasteiger partial charge on any atom is 0.184 e. The second-order valence-corrected chi connectivity index (χ2v) is 8.73. The molecule has 162 valence electrons. The molecule has 1 aliphatic carbocycles. The third-order valence-electron chi connectivity index (χ3n) is 6.82. The Hall–Kier alpha value is -2.77. The van der Waals surface area contributed by atoms with Crippen molar-refractivity contribution in [2.24, 2.45) is 0 Å². The first-order chi connectivity index (χ1) is 15.3. The van der Waals surface area contributed by atoms with Gasteiger partial charge in [-0.25, -0.2) is 0 Å². The van der Waals surface area contributed by atoms with Crippen LogP contribution in [0.15, 0.2) is 48.5 Å². The summed E-state index contributed by atoms with van der Waals surface area (Å²) in [5, 5.41) is 9.85. The molecule has 1 saturated heterocycles. The number of rotatable bonds is 6. The van der Waals surface area contributed by atoms with E-state index in [0.717, 1.165) is 54.5 Å². The van der Waals surface area contributed by atoms with Crippen molar-refractivity contribution in [2.45, 2.75) is 57.0 Å². The van der Waals surface area contributed by atoms with Gasteiger partial charge in [-0.15, -0.1) is 0 Å². The number of piperidine rings is 1. The van der Waals surface area contributed by atoms with Gasteiger partial charge in [0.05, 0.1) is 12.8 Å². The van der Waals surface area contributed by atoms with E-state index in [1.807, 2.05) is 29.2 Å². The number of nitriles is 1. The predicted molar refractivity (Wildman–Crippen MR) is 128 cm³/mol. The summed E-state index contributed by atoms with van der Waals surface area (Å²) in [6.45, 7) is 2.24. The van der Waals surface area contributed by atoms with Crippen LogP contribution in [-0.4, -0.2) is 37.2 Å². The molecule has 1 saturated carbocycles. The molecule has 0 N–H and O–H groups in total. The molecule has 0 bridgehead atoms. The van der Waals surface area contributed by atoms with Gasteiger partial charge in [0.1, 0.15) is 5.75 Å². The van der Waals surface area contributed by atoms with Gasteiger partial charge in [0.25, 0.3) is 0 Å². The summed E-state index contributed by atoms with van der Waals surface area (Å²) in [4.78, 5) is 4.60. The van der Waals surface area contributed by atoms with E-state index in [4.69, 9.17) is 4.74 Å². The minimum Gasteiger partial charge on any atom is -0.497 e. The molecule has 2 aliphatic rings. The fourth-order valence-electron chi connectivity index (χ4n) is 4.96. The van der Waals surface area contributed by atoms with Gasteiger partial charge in [-0.05, 0) is 61.1 Å². The molecular formula is C27H33N3O. The molecule has 2 aromatic rings. The number of anilines is 1. The Kier molecular flexibility index (Phi) is 7.27. The van der Waals surface area contributed by atoms with Crippen LogP contribution in [0.4, 0.5) is 5.69 Å². The lowest BCUT2D eigenvalue weighted by molar-refractivity contribution is 0.123. The minimum absolute atomic E-state index is 0.311. The van der Waals surface area contributed by atoms with Crippen molar-refractivity contribution in [3.8, 4) is 11.9 Å². The first-order valence-corrected chi connectivity index (χ1v) is 11.6. The number of likely N-dealkylation sites (tertiary alicyclic amines) is 1. The zero-order valence-corrected chi connectivity index (χ0v) is 18.5. The normalized spacial score (nSPS) is 18.7. The molecule has 0 aromatic heterocycles. The van der Waals surface area contributed by atoms with E-state index in [9.17, 15) is 5.26 Å². The highest BCUT2D eigenvalue weighted by molar-refractivity contribution is 5.71. The van der Waals surface area contributed by atoms with Crippen LogP contribution in [0.2, 0.25) is 0 Å². The van der Waals surface area contributed by atoms with Crippen molar-refractivity contribution < 1.29 is 4.74 Å². The van der Waals surface area contributed by atoms with E-state index in [2.05, 4.69) is 47.5 Å². The summed E-state index contributed by atoms with van der Waals surface area (Å²) in [6.07, 6.45) is 15.7. The maximum atomic E-state index is 9.85. The van der Waals surface area contributed by atoms with Gasteiger partial charge in [0.15, 0.2) is 6.19 Å². The minimum atomic E-state index is 0.311. The van der Waals surface area contributed by atoms with Crippen molar-refractivity contribution in [1.29, 1.82) is 5.26 Å². The zero-order chi connectivity index (χ0) is 21.5. The molecule has 4 rings (SSSR count). The van der Waals surface area contributed by atoms with Gasteiger partial charge in [0, 0.05) is 25.2 Å². The summed E-state index contributed by atoms with van der Waals surface area (Å²) in [5.41, 5.74) is 3.26. The number of benzene rings is 2. The van der Waals surface area contributed by atoms with Crippen molar-refractivity contribution in [1.82, 2.24) is 4.90 Å². The van der Waals surface area contributed by atoms with Gasteiger partial charge < -0.3 is 9.64 Å². The Morgan fingerprint density at radius 1 is 0.871 bits per heavy atom. The smallest absolute Gasteiger partial charge is 0.184 e. The van der Waals surface area contributed by atoms with E-state index in [0.29, 0.717) is 6.04 Å². The Bertz CT molecular complexity index is 884. The topological polar surface area (TPSA) is 39.5 Å². The van der Waals surface area contributed by atoms with Gasteiger partial charge in [-0.3, -0.25) is 4.90 Å². The fourth-order valence-corrected chi connectivity index (χ4v) is 4.96. The van der Waals surface area contributed by atoms with Crippen molar-refractivity contribution in [2.75, 3.05) is 25.1 Å². The third kappa shape index (κ3) is 5.48. The van der Waals surface area contributed by atoms with Gasteiger partial charge >= 0.3 is 0 Å². The van der Waals surface area contributed by atoms with Crippen molar-refractivity contribution >= 4 is 17.8 Å². The number of hydrogen-bond donors (Lipinski definition) is 0. The number of hydrogen-bond acceptors (Lipinski definition) is 4. The van der Waals surface area contributed by atoms with Gasteiger partial charge in [-0.2, -0.15) is 5.26 Å². The van der Waals surface area contributed by atoms with Crippen LogP contribution in [0.3, 0.4) is 0 Å². The van der Waals surface area contributed by atoms with E-state index in [1.54, 1.807) is 7.11 Å². The summed E-state index contributed by atoms with van der Waals surface area (Å²) in [6, 6.07) is 17.4. The molecule has 0 amide bonds. The van der Waals surface area contributed by atoms with Crippen LogP contribution in [0.1, 0.15) is 56.1 Å². The zero-order valence-electron chi connectivity index (χ0n) is 18.5. The van der Waals surface area contributed by atoms with Crippen LogP contribution < -0.4 is 9.64 Å². The summed E-state index contributed by atoms with van der Waals surface area (Å²) >= 11 is 0. The Morgan fingerprint density at radius 3 is 2.00 bits per heavy atom. The first kappa shape index (κ1) is 21.5.